The molecule has 1 spiro atoms. The Morgan fingerprint density at radius 2 is 1.92 bits per heavy atom. The number of fused-ring (bicyclic) bond motifs is 3. The highest BCUT2D eigenvalue weighted by Gasteiger charge is 2.53. The van der Waals surface area contributed by atoms with Crippen LogP contribution in [0, 0.1) is 11.3 Å². The van der Waals surface area contributed by atoms with E-state index in [4.69, 9.17) is 20.4 Å². The normalized spacial score (nSPS) is 31.3. The molecule has 2 aromatic heterocycles. The summed E-state index contributed by atoms with van der Waals surface area (Å²) in [5.41, 5.74) is 6.72. The van der Waals surface area contributed by atoms with Gasteiger partial charge in [0.15, 0.2) is 0 Å². The lowest BCUT2D eigenvalue weighted by Gasteiger charge is -2.48. The van der Waals surface area contributed by atoms with Crippen LogP contribution in [0.3, 0.4) is 0 Å². The molecule has 13 heteroatoms. The average Bonchev–Trinajstić information content (AvgIpc) is 3.59. The Balaban J connectivity index is 1.17. The van der Waals surface area contributed by atoms with Crippen LogP contribution in [0.2, 0.25) is 0 Å². The maximum Gasteiger partial charge on any atom is 0.323 e. The molecule has 0 aliphatic carbocycles. The number of β-amino-alcohol motifs (C(OH)–C–C–N with tert-alkyl or cyclic N) is 1. The second-order valence-corrected chi connectivity index (χ2v) is 14.5. The van der Waals surface area contributed by atoms with E-state index in [-0.39, 0.29) is 16.3 Å². The predicted molar refractivity (Wildman–Crippen MR) is 149 cm³/mol. The molecule has 7 heterocycles. The number of aliphatic hydroxyl groups is 1. The molecule has 5 aliphatic rings. The number of nitrogen functional groups attached to an aromatic ring is 1. The Labute approximate surface area is 235 Å². The fourth-order valence-corrected chi connectivity index (χ4v) is 9.96. The summed E-state index contributed by atoms with van der Waals surface area (Å²) in [6.45, 7) is 6.04. The Hall–Kier alpha value is -2.40. The minimum absolute atomic E-state index is 0.194. The van der Waals surface area contributed by atoms with Crippen molar-refractivity contribution in [3.63, 3.8) is 0 Å². The Morgan fingerprint density at radius 1 is 1.15 bits per heavy atom. The topological polar surface area (TPSA) is 128 Å². The van der Waals surface area contributed by atoms with E-state index in [0.29, 0.717) is 61.7 Å². The highest BCUT2D eigenvalue weighted by molar-refractivity contribution is 8.00. The van der Waals surface area contributed by atoms with Gasteiger partial charge >= 0.3 is 6.01 Å². The second kappa shape index (κ2) is 9.06. The zero-order valence-corrected chi connectivity index (χ0v) is 23.7. The van der Waals surface area contributed by atoms with Gasteiger partial charge in [-0.25, -0.2) is 4.39 Å². The van der Waals surface area contributed by atoms with Gasteiger partial charge in [0, 0.05) is 55.3 Å². The lowest BCUT2D eigenvalue weighted by molar-refractivity contribution is 0.0443. The number of hydrogen-bond donors (Lipinski definition) is 2. The lowest BCUT2D eigenvalue weighted by Crippen LogP contribution is -2.57. The first-order valence-electron chi connectivity index (χ1n) is 13.7. The molecule has 4 saturated heterocycles. The number of alkyl halides is 1. The number of nitrogens with two attached hydrogens (primary N) is 1. The zero-order chi connectivity index (χ0) is 27.0. The number of anilines is 3. The van der Waals surface area contributed by atoms with Gasteiger partial charge in [-0.3, -0.25) is 4.90 Å². The molecule has 0 bridgehead atoms. The summed E-state index contributed by atoms with van der Waals surface area (Å²) >= 11 is 3.37. The fraction of sp³-hybridized carbons (Fsp3) is 0.692. The maximum atomic E-state index is 14.3. The molecule has 0 amide bonds. The van der Waals surface area contributed by atoms with E-state index < -0.39 is 11.8 Å². The minimum Gasteiger partial charge on any atom is -0.461 e. The van der Waals surface area contributed by atoms with E-state index in [1.807, 2.05) is 23.6 Å². The smallest absolute Gasteiger partial charge is 0.323 e. The van der Waals surface area contributed by atoms with Crippen molar-refractivity contribution in [1.82, 2.24) is 19.9 Å². The van der Waals surface area contributed by atoms with Gasteiger partial charge in [0.2, 0.25) is 11.9 Å². The van der Waals surface area contributed by atoms with E-state index in [1.54, 1.807) is 0 Å². The first kappa shape index (κ1) is 25.6. The van der Waals surface area contributed by atoms with Gasteiger partial charge < -0.3 is 25.4 Å². The Kier molecular flexibility index (Phi) is 5.94. The molecule has 39 heavy (non-hydrogen) atoms. The van der Waals surface area contributed by atoms with Gasteiger partial charge in [-0.15, -0.1) is 23.1 Å². The van der Waals surface area contributed by atoms with Crippen LogP contribution in [0.25, 0.3) is 0 Å². The Bertz CT molecular complexity index is 1340. The van der Waals surface area contributed by atoms with E-state index in [0.717, 1.165) is 50.1 Å². The third kappa shape index (κ3) is 4.22. The van der Waals surface area contributed by atoms with Crippen LogP contribution in [0.15, 0.2) is 0 Å². The molecule has 208 valence electrons. The number of ether oxygens (including phenoxy) is 1. The van der Waals surface area contributed by atoms with Crippen LogP contribution in [0.4, 0.5) is 21.3 Å². The molecular weight excluding hydrogens is 539 g/mol. The number of nitriles is 1. The van der Waals surface area contributed by atoms with Crippen molar-refractivity contribution in [2.75, 3.05) is 61.4 Å². The van der Waals surface area contributed by atoms with Crippen LogP contribution in [-0.4, -0.2) is 88.1 Å². The summed E-state index contributed by atoms with van der Waals surface area (Å²) in [5, 5.41) is 21.1. The quantitative estimate of drug-likeness (QED) is 0.549. The summed E-state index contributed by atoms with van der Waals surface area (Å²) < 4.78 is 20.4. The monoisotopic (exact) mass is 572 g/mol. The van der Waals surface area contributed by atoms with E-state index in [1.165, 1.54) is 16.2 Å². The van der Waals surface area contributed by atoms with Gasteiger partial charge in [-0.2, -0.15) is 20.2 Å². The number of rotatable bonds is 5. The van der Waals surface area contributed by atoms with E-state index in [2.05, 4.69) is 20.9 Å². The van der Waals surface area contributed by atoms with Crippen LogP contribution in [0.1, 0.15) is 55.0 Å². The highest BCUT2D eigenvalue weighted by Crippen LogP contribution is 2.57. The van der Waals surface area contributed by atoms with Crippen molar-refractivity contribution >= 4 is 40.0 Å². The third-order valence-electron chi connectivity index (χ3n) is 9.01. The van der Waals surface area contributed by atoms with Gasteiger partial charge in [-0.05, 0) is 39.2 Å². The Morgan fingerprint density at radius 3 is 2.69 bits per heavy atom. The highest BCUT2D eigenvalue weighted by atomic mass is 32.2. The summed E-state index contributed by atoms with van der Waals surface area (Å²) in [6.07, 6.45) is 3.16. The van der Waals surface area contributed by atoms with Crippen molar-refractivity contribution in [3.8, 4) is 12.1 Å². The standard InChI is InChI=1S/C26H33FN8O2S2/c1-24(36)4-2-6-33(12-24)21-30-22(32-23(31-21)37-15-25-5-3-7-35(25)10-16(27)8-25)34-13-26(14-34)19-17(9-28)20(29)39-18(19)11-38-26/h16,36H,2-8,10-15,29H2,1H3/t16?,24-,25+/m1/s1. The molecule has 4 fully saturated rings. The van der Waals surface area contributed by atoms with Crippen molar-refractivity contribution in [1.29, 1.82) is 5.26 Å². The number of aromatic nitrogens is 3. The van der Waals surface area contributed by atoms with Gasteiger partial charge in [0.1, 0.15) is 23.8 Å². The first-order valence-corrected chi connectivity index (χ1v) is 15.5. The van der Waals surface area contributed by atoms with E-state index in [9.17, 15) is 14.8 Å². The predicted octanol–water partition coefficient (Wildman–Crippen LogP) is 2.66. The van der Waals surface area contributed by atoms with Crippen LogP contribution in [0.5, 0.6) is 6.01 Å². The van der Waals surface area contributed by atoms with E-state index >= 15 is 0 Å². The summed E-state index contributed by atoms with van der Waals surface area (Å²) in [4.78, 5) is 21.7. The molecule has 0 aromatic carbocycles. The summed E-state index contributed by atoms with van der Waals surface area (Å²) in [5.74, 6) is 1.87. The molecule has 10 nitrogen and oxygen atoms in total. The van der Waals surface area contributed by atoms with Crippen LogP contribution >= 0.6 is 23.1 Å². The number of nitrogens with zero attached hydrogens (tertiary/aromatic N) is 7. The van der Waals surface area contributed by atoms with Crippen LogP contribution < -0.4 is 20.3 Å². The molecule has 2 aromatic rings. The van der Waals surface area contributed by atoms with Crippen molar-refractivity contribution in [3.05, 3.63) is 16.0 Å². The van der Waals surface area contributed by atoms with Gasteiger partial charge in [-0.1, -0.05) is 0 Å². The molecule has 7 rings (SSSR count). The van der Waals surface area contributed by atoms with Crippen molar-refractivity contribution in [2.24, 2.45) is 0 Å². The first-order chi connectivity index (χ1) is 18.7. The molecule has 5 aliphatic heterocycles. The molecular formula is C26H33FN8O2S2. The molecule has 0 saturated carbocycles. The molecule has 3 N–H and O–H groups in total. The average molecular weight is 573 g/mol. The number of halogens is 1. The summed E-state index contributed by atoms with van der Waals surface area (Å²) in [7, 11) is 0. The molecule has 3 atom stereocenters. The van der Waals surface area contributed by atoms with Gasteiger partial charge in [0.25, 0.3) is 0 Å². The zero-order valence-electron chi connectivity index (χ0n) is 22.0. The van der Waals surface area contributed by atoms with Crippen molar-refractivity contribution < 1.29 is 14.2 Å². The van der Waals surface area contributed by atoms with Crippen molar-refractivity contribution in [2.45, 2.75) is 66.8 Å². The second-order valence-electron chi connectivity index (χ2n) is 12.0. The molecule has 0 radical (unpaired) electrons. The number of thiophene rings is 1. The number of hydrogen-bond acceptors (Lipinski definition) is 12. The van der Waals surface area contributed by atoms with Crippen LogP contribution in [-0.2, 0) is 10.5 Å². The fourth-order valence-electron chi connectivity index (χ4n) is 7.15. The minimum atomic E-state index is -0.829. The largest absolute Gasteiger partial charge is 0.461 e. The summed E-state index contributed by atoms with van der Waals surface area (Å²) in [6, 6.07) is 2.56. The maximum absolute atomic E-state index is 14.3. The third-order valence-corrected chi connectivity index (χ3v) is 11.7. The SMILES string of the molecule is C[C@@]1(O)CCCN(c2nc(OC[C@@]34CCCN3CC(F)C4)nc(N3CC4(C3)SCc3sc(N)c(C#N)c34)n2)C1. The number of thioether (sulfide) groups is 1. The van der Waals surface area contributed by atoms with Gasteiger partial charge in [0.05, 0.1) is 21.5 Å². The lowest BCUT2D eigenvalue weighted by atomic mass is 9.88. The number of piperidine rings is 1. The molecule has 1 unspecified atom stereocenters.